The third kappa shape index (κ3) is 3.12. The molecule has 4 unspecified atom stereocenters. The lowest BCUT2D eigenvalue weighted by molar-refractivity contribution is 0.0145. The molecule has 0 aliphatic carbocycles. The monoisotopic (exact) mass is 288 g/mol. The molecule has 2 N–H and O–H groups in total. The maximum Gasteiger partial charge on any atom is 0.0671 e. The number of pyridine rings is 1. The molecule has 0 aromatic carbocycles. The van der Waals surface area contributed by atoms with E-state index in [1.165, 1.54) is 25.8 Å². The second-order valence-electron chi connectivity index (χ2n) is 6.79. The zero-order valence-electron chi connectivity index (χ0n) is 13.3. The van der Waals surface area contributed by atoms with E-state index in [1.54, 1.807) is 0 Å². The van der Waals surface area contributed by atoms with Crippen LogP contribution in [0.1, 0.15) is 37.9 Å². The highest BCUT2D eigenvalue weighted by Gasteiger charge is 2.37. The van der Waals surface area contributed by atoms with Crippen molar-refractivity contribution in [1.29, 1.82) is 0 Å². The van der Waals surface area contributed by atoms with Gasteiger partial charge in [-0.1, -0.05) is 6.07 Å². The van der Waals surface area contributed by atoms with Gasteiger partial charge in [-0.15, -0.1) is 0 Å². The molecule has 2 saturated heterocycles. The molecular formula is C17H28N4. The Morgan fingerprint density at radius 3 is 2.86 bits per heavy atom. The third-order valence-electron chi connectivity index (χ3n) is 5.26. The largest absolute Gasteiger partial charge is 0.326 e. The number of hydrogen-bond donors (Lipinski definition) is 1. The first-order chi connectivity index (χ1) is 10.2. The van der Waals surface area contributed by atoms with E-state index in [1.807, 2.05) is 12.3 Å². The van der Waals surface area contributed by atoms with E-state index in [4.69, 9.17) is 5.73 Å². The maximum absolute atomic E-state index is 6.30. The molecule has 0 radical (unpaired) electrons. The Labute approximate surface area is 128 Å². The predicted molar refractivity (Wildman–Crippen MR) is 86.0 cm³/mol. The van der Waals surface area contributed by atoms with Crippen LogP contribution in [-0.2, 0) is 0 Å². The van der Waals surface area contributed by atoms with Crippen LogP contribution in [0.3, 0.4) is 0 Å². The van der Waals surface area contributed by atoms with Gasteiger partial charge in [-0.3, -0.25) is 9.88 Å². The fraction of sp³-hybridized carbons (Fsp3) is 0.706. The van der Waals surface area contributed by atoms with Crippen molar-refractivity contribution in [3.05, 3.63) is 30.1 Å². The van der Waals surface area contributed by atoms with Gasteiger partial charge in [0.25, 0.3) is 0 Å². The molecule has 0 amide bonds. The summed E-state index contributed by atoms with van der Waals surface area (Å²) in [6.45, 7) is 5.67. The molecular weight excluding hydrogens is 260 g/mol. The minimum absolute atomic E-state index is 0.109. The molecule has 0 bridgehead atoms. The summed E-state index contributed by atoms with van der Waals surface area (Å²) in [6, 6.07) is 7.29. The molecule has 0 saturated carbocycles. The molecule has 0 spiro atoms. The molecule has 2 aliphatic rings. The van der Waals surface area contributed by atoms with Gasteiger partial charge in [0, 0.05) is 31.4 Å². The highest BCUT2D eigenvalue weighted by molar-refractivity contribution is 5.12. The molecule has 2 aliphatic heterocycles. The van der Waals surface area contributed by atoms with E-state index in [9.17, 15) is 0 Å². The van der Waals surface area contributed by atoms with Crippen LogP contribution < -0.4 is 5.73 Å². The molecule has 116 valence electrons. The molecule has 4 atom stereocenters. The standard InChI is InChI=1S/C17H28N4/c1-13(18)17(15-7-3-4-9-19-15)21-11-8-16-14(12-21)6-5-10-20(16)2/h3-4,7,9,13-14,16-17H,5-6,8,10-12,18H2,1-2H3. The lowest BCUT2D eigenvalue weighted by Crippen LogP contribution is -2.55. The fourth-order valence-electron chi connectivity index (χ4n) is 4.27. The minimum Gasteiger partial charge on any atom is -0.326 e. The Hall–Kier alpha value is -0.970. The first-order valence-electron chi connectivity index (χ1n) is 8.27. The number of aromatic nitrogens is 1. The molecule has 1 aromatic rings. The number of likely N-dealkylation sites (tertiary alicyclic amines) is 2. The Bertz CT molecular complexity index is 447. The first kappa shape index (κ1) is 14.9. The van der Waals surface area contributed by atoms with Crippen LogP contribution >= 0.6 is 0 Å². The van der Waals surface area contributed by atoms with Crippen LogP contribution in [0, 0.1) is 5.92 Å². The van der Waals surface area contributed by atoms with Crippen molar-refractivity contribution in [2.75, 3.05) is 26.7 Å². The van der Waals surface area contributed by atoms with Crippen LogP contribution in [0.2, 0.25) is 0 Å². The quantitative estimate of drug-likeness (QED) is 0.922. The second kappa shape index (κ2) is 6.42. The summed E-state index contributed by atoms with van der Waals surface area (Å²) >= 11 is 0. The van der Waals surface area contributed by atoms with Gasteiger partial charge in [0.1, 0.15) is 0 Å². The smallest absolute Gasteiger partial charge is 0.0671 e. The summed E-state index contributed by atoms with van der Waals surface area (Å²) in [5.41, 5.74) is 7.42. The molecule has 3 heterocycles. The van der Waals surface area contributed by atoms with E-state index >= 15 is 0 Å². The minimum atomic E-state index is 0.109. The molecule has 1 aromatic heterocycles. The second-order valence-corrected chi connectivity index (χ2v) is 6.79. The van der Waals surface area contributed by atoms with Crippen LogP contribution in [-0.4, -0.2) is 53.5 Å². The van der Waals surface area contributed by atoms with Crippen molar-refractivity contribution in [2.45, 2.75) is 44.3 Å². The number of piperidine rings is 2. The van der Waals surface area contributed by atoms with Crippen molar-refractivity contribution in [1.82, 2.24) is 14.8 Å². The van der Waals surface area contributed by atoms with Crippen molar-refractivity contribution >= 4 is 0 Å². The molecule has 4 nitrogen and oxygen atoms in total. The Balaban J connectivity index is 1.76. The Morgan fingerprint density at radius 1 is 1.29 bits per heavy atom. The zero-order chi connectivity index (χ0) is 14.8. The summed E-state index contributed by atoms with van der Waals surface area (Å²) in [5.74, 6) is 0.794. The highest BCUT2D eigenvalue weighted by atomic mass is 15.2. The van der Waals surface area contributed by atoms with Crippen LogP contribution in [0.25, 0.3) is 0 Å². The van der Waals surface area contributed by atoms with Gasteiger partial charge in [0.05, 0.1) is 11.7 Å². The topological polar surface area (TPSA) is 45.4 Å². The van der Waals surface area contributed by atoms with Crippen molar-refractivity contribution in [3.63, 3.8) is 0 Å². The van der Waals surface area contributed by atoms with Gasteiger partial charge in [-0.05, 0) is 57.8 Å². The summed E-state index contributed by atoms with van der Waals surface area (Å²) in [6.07, 6.45) is 5.83. The summed E-state index contributed by atoms with van der Waals surface area (Å²) in [5, 5.41) is 0. The van der Waals surface area contributed by atoms with Gasteiger partial charge in [-0.2, -0.15) is 0 Å². The molecule has 21 heavy (non-hydrogen) atoms. The van der Waals surface area contributed by atoms with E-state index in [0.29, 0.717) is 0 Å². The van der Waals surface area contributed by atoms with Crippen molar-refractivity contribution in [2.24, 2.45) is 11.7 Å². The van der Waals surface area contributed by atoms with Gasteiger partial charge in [0.2, 0.25) is 0 Å². The normalized spacial score (nSPS) is 30.6. The van der Waals surface area contributed by atoms with Crippen LogP contribution in [0.5, 0.6) is 0 Å². The van der Waals surface area contributed by atoms with Gasteiger partial charge in [0.15, 0.2) is 0 Å². The SMILES string of the molecule is CC(N)C(c1ccccn1)N1CCC2C(CCCN2C)C1. The number of rotatable bonds is 3. The Kier molecular flexibility index (Phi) is 4.57. The molecule has 3 rings (SSSR count). The lowest BCUT2D eigenvalue weighted by Gasteiger charge is -2.48. The average Bonchev–Trinajstić information content (AvgIpc) is 2.48. The molecule has 4 heteroatoms. The van der Waals surface area contributed by atoms with Crippen molar-refractivity contribution in [3.8, 4) is 0 Å². The van der Waals surface area contributed by atoms with Crippen molar-refractivity contribution < 1.29 is 0 Å². The van der Waals surface area contributed by atoms with Crippen LogP contribution in [0.4, 0.5) is 0 Å². The Morgan fingerprint density at radius 2 is 2.14 bits per heavy atom. The number of nitrogens with zero attached hydrogens (tertiary/aromatic N) is 3. The summed E-state index contributed by atoms with van der Waals surface area (Å²) < 4.78 is 0. The van der Waals surface area contributed by atoms with E-state index < -0.39 is 0 Å². The fourth-order valence-corrected chi connectivity index (χ4v) is 4.27. The first-order valence-corrected chi connectivity index (χ1v) is 8.27. The van der Waals surface area contributed by atoms with E-state index in [2.05, 4.69) is 40.9 Å². The molecule has 2 fully saturated rings. The number of hydrogen-bond acceptors (Lipinski definition) is 4. The van der Waals surface area contributed by atoms with Gasteiger partial charge < -0.3 is 10.6 Å². The van der Waals surface area contributed by atoms with Gasteiger partial charge in [-0.25, -0.2) is 0 Å². The number of nitrogens with two attached hydrogens (primary N) is 1. The van der Waals surface area contributed by atoms with Gasteiger partial charge >= 0.3 is 0 Å². The predicted octanol–water partition coefficient (Wildman–Crippen LogP) is 1.89. The lowest BCUT2D eigenvalue weighted by atomic mass is 9.83. The van der Waals surface area contributed by atoms with E-state index in [-0.39, 0.29) is 12.1 Å². The zero-order valence-corrected chi connectivity index (χ0v) is 13.3. The number of fused-ring (bicyclic) bond motifs is 1. The average molecular weight is 288 g/mol. The summed E-state index contributed by atoms with van der Waals surface area (Å²) in [4.78, 5) is 9.70. The van der Waals surface area contributed by atoms with E-state index in [0.717, 1.165) is 30.7 Å². The highest BCUT2D eigenvalue weighted by Crippen LogP contribution is 2.34. The third-order valence-corrected chi connectivity index (χ3v) is 5.26. The maximum atomic E-state index is 6.30. The summed E-state index contributed by atoms with van der Waals surface area (Å²) in [7, 11) is 2.29. The van der Waals surface area contributed by atoms with Crippen LogP contribution in [0.15, 0.2) is 24.4 Å².